The molecule has 2 atom stereocenters. The number of hydrogen-bond donors (Lipinski definition) is 2. The Morgan fingerprint density at radius 3 is 2.14 bits per heavy atom. The molecule has 6 nitrogen and oxygen atoms in total. The molecule has 0 bridgehead atoms. The van der Waals surface area contributed by atoms with Gasteiger partial charge in [-0.2, -0.15) is 5.26 Å². The van der Waals surface area contributed by atoms with Gasteiger partial charge in [-0.3, -0.25) is 9.59 Å². The number of rotatable bonds is 7. The van der Waals surface area contributed by atoms with E-state index in [1.807, 2.05) is 48.5 Å². The van der Waals surface area contributed by atoms with Gasteiger partial charge in [0, 0.05) is 28.0 Å². The number of carbonyl (C=O) groups is 2. The maximum absolute atomic E-state index is 13.5. The van der Waals surface area contributed by atoms with Crippen molar-refractivity contribution < 1.29 is 9.59 Å². The molecule has 8 heteroatoms. The molecule has 2 amide bonds. The second-order valence-corrected chi connectivity index (χ2v) is 9.49. The van der Waals surface area contributed by atoms with Gasteiger partial charge in [0.2, 0.25) is 11.8 Å². The van der Waals surface area contributed by atoms with Crippen LogP contribution in [-0.4, -0.2) is 23.3 Å². The first kappa shape index (κ1) is 25.2. The average molecular weight is 515 g/mol. The third-order valence-electron chi connectivity index (χ3n) is 5.68. The molecular weight excluding hydrogens is 492 g/mol. The molecule has 3 aromatic rings. The van der Waals surface area contributed by atoms with Gasteiger partial charge in [-0.05, 0) is 42.8 Å². The monoisotopic (exact) mass is 514 g/mol. The number of hydrogen-bond acceptors (Lipinski definition) is 5. The van der Waals surface area contributed by atoms with Gasteiger partial charge < -0.3 is 10.6 Å². The zero-order valence-corrected chi connectivity index (χ0v) is 21.0. The fourth-order valence-electron chi connectivity index (χ4n) is 4.06. The van der Waals surface area contributed by atoms with Crippen LogP contribution >= 0.6 is 23.4 Å². The number of para-hydroxylation sites is 2. The number of carbonyl (C=O) groups excluding carboxylic acids is 2. The van der Waals surface area contributed by atoms with Gasteiger partial charge in [0.1, 0.15) is 5.03 Å². The second-order valence-electron chi connectivity index (χ2n) is 8.12. The Balaban J connectivity index is 1.65. The Hall–Kier alpha value is -3.86. The number of benzene rings is 3. The summed E-state index contributed by atoms with van der Waals surface area (Å²) in [5.74, 6) is -1.85. The van der Waals surface area contributed by atoms with Crippen molar-refractivity contribution in [3.63, 3.8) is 0 Å². The highest BCUT2D eigenvalue weighted by Gasteiger charge is 2.40. The van der Waals surface area contributed by atoms with E-state index in [-0.39, 0.29) is 17.6 Å². The van der Waals surface area contributed by atoms with Crippen LogP contribution in [0.25, 0.3) is 0 Å². The summed E-state index contributed by atoms with van der Waals surface area (Å²) in [4.78, 5) is 30.6. The van der Waals surface area contributed by atoms with Crippen LogP contribution in [0.5, 0.6) is 0 Å². The van der Waals surface area contributed by atoms with Gasteiger partial charge in [0.25, 0.3) is 0 Å². The van der Waals surface area contributed by atoms with Gasteiger partial charge in [-0.25, -0.2) is 4.99 Å². The van der Waals surface area contributed by atoms with Crippen molar-refractivity contribution >= 4 is 52.3 Å². The average Bonchev–Trinajstić information content (AvgIpc) is 2.88. The van der Waals surface area contributed by atoms with Crippen molar-refractivity contribution in [1.29, 1.82) is 5.26 Å². The lowest BCUT2D eigenvalue weighted by molar-refractivity contribution is -0.118. The van der Waals surface area contributed by atoms with Crippen LogP contribution in [0.3, 0.4) is 0 Å². The maximum Gasteiger partial charge on any atom is 0.234 e. The SMILES string of the molecule is CC1=NC(SCC(=O)Nc2ccccc2)=C(C#N)[C@H](c2ccccc2Cl)C1C(=O)Nc1ccccc1. The normalized spacial score (nSPS) is 17.1. The summed E-state index contributed by atoms with van der Waals surface area (Å²) >= 11 is 7.71. The lowest BCUT2D eigenvalue weighted by Crippen LogP contribution is -2.36. The predicted octanol–water partition coefficient (Wildman–Crippen LogP) is 6.26. The van der Waals surface area contributed by atoms with Gasteiger partial charge in [-0.15, -0.1) is 0 Å². The maximum atomic E-state index is 13.5. The van der Waals surface area contributed by atoms with Crippen LogP contribution in [0.15, 0.2) is 101 Å². The van der Waals surface area contributed by atoms with E-state index in [9.17, 15) is 14.9 Å². The zero-order chi connectivity index (χ0) is 25.5. The van der Waals surface area contributed by atoms with Crippen LogP contribution < -0.4 is 10.6 Å². The van der Waals surface area contributed by atoms with Gasteiger partial charge in [0.05, 0.1) is 23.3 Å². The number of nitriles is 1. The highest BCUT2D eigenvalue weighted by molar-refractivity contribution is 8.03. The Bertz CT molecular complexity index is 1370. The molecule has 0 fully saturated rings. The van der Waals surface area contributed by atoms with Crippen molar-refractivity contribution in [2.45, 2.75) is 12.8 Å². The minimum atomic E-state index is -0.748. The van der Waals surface area contributed by atoms with Crippen molar-refractivity contribution in [2.24, 2.45) is 10.9 Å². The second kappa shape index (κ2) is 11.7. The summed E-state index contributed by atoms with van der Waals surface area (Å²) in [7, 11) is 0. The van der Waals surface area contributed by atoms with E-state index in [1.165, 1.54) is 11.8 Å². The molecular formula is C28H23ClN4O2S. The summed E-state index contributed by atoms with van der Waals surface area (Å²) in [5.41, 5.74) is 2.84. The fourth-order valence-corrected chi connectivity index (χ4v) is 5.19. The minimum Gasteiger partial charge on any atom is -0.325 e. The lowest BCUT2D eigenvalue weighted by Gasteiger charge is -2.31. The number of nitrogens with one attached hydrogen (secondary N) is 2. The first-order valence-electron chi connectivity index (χ1n) is 11.3. The Morgan fingerprint density at radius 1 is 0.944 bits per heavy atom. The molecule has 0 spiro atoms. The number of halogens is 1. The van der Waals surface area contributed by atoms with Crippen LogP contribution in [-0.2, 0) is 9.59 Å². The molecule has 0 aliphatic carbocycles. The third-order valence-corrected chi connectivity index (χ3v) is 7.02. The molecule has 0 radical (unpaired) electrons. The number of allylic oxidation sites excluding steroid dienone is 1. The summed E-state index contributed by atoms with van der Waals surface area (Å²) < 4.78 is 0. The molecule has 1 unspecified atom stereocenters. The van der Waals surface area contributed by atoms with Crippen molar-refractivity contribution in [2.75, 3.05) is 16.4 Å². The molecule has 3 aromatic carbocycles. The van der Waals surface area contributed by atoms with Gasteiger partial charge >= 0.3 is 0 Å². The van der Waals surface area contributed by atoms with E-state index in [2.05, 4.69) is 21.7 Å². The van der Waals surface area contributed by atoms with E-state index < -0.39 is 11.8 Å². The van der Waals surface area contributed by atoms with Crippen LogP contribution in [0.1, 0.15) is 18.4 Å². The van der Waals surface area contributed by atoms with Crippen molar-refractivity contribution in [1.82, 2.24) is 0 Å². The highest BCUT2D eigenvalue weighted by atomic mass is 35.5. The summed E-state index contributed by atoms with van der Waals surface area (Å²) in [6, 6.07) is 27.7. The first-order chi connectivity index (χ1) is 17.5. The summed E-state index contributed by atoms with van der Waals surface area (Å²) in [5, 5.41) is 16.8. The van der Waals surface area contributed by atoms with Gasteiger partial charge in [0.15, 0.2) is 0 Å². The summed E-state index contributed by atoms with van der Waals surface area (Å²) in [6.45, 7) is 1.76. The Kier molecular flexibility index (Phi) is 8.21. The Labute approximate surface area is 219 Å². The van der Waals surface area contributed by atoms with E-state index in [1.54, 1.807) is 43.3 Å². The van der Waals surface area contributed by atoms with E-state index in [4.69, 9.17) is 11.6 Å². The molecule has 36 heavy (non-hydrogen) atoms. The molecule has 2 N–H and O–H groups in total. The fraction of sp³-hybridized carbons (Fsp3) is 0.143. The van der Waals surface area contributed by atoms with Crippen LogP contribution in [0.4, 0.5) is 11.4 Å². The van der Waals surface area contributed by atoms with Crippen LogP contribution in [0.2, 0.25) is 5.02 Å². The quantitative estimate of drug-likeness (QED) is 0.389. The Morgan fingerprint density at radius 2 is 1.53 bits per heavy atom. The third kappa shape index (κ3) is 5.85. The largest absolute Gasteiger partial charge is 0.325 e. The zero-order valence-electron chi connectivity index (χ0n) is 19.4. The number of aliphatic imine (C=N–C) groups is 1. The molecule has 0 saturated heterocycles. The number of amides is 2. The highest BCUT2D eigenvalue weighted by Crippen LogP contribution is 2.44. The molecule has 0 aromatic heterocycles. The standard InChI is InChI=1S/C28H23ClN4O2S/c1-18-25(27(35)33-20-12-6-3-7-13-20)26(21-14-8-9-15-23(21)29)22(16-30)28(31-18)36-17-24(34)32-19-10-4-2-5-11-19/h2-15,25-26H,17H2,1H3,(H,32,34)(H,33,35)/t25?,26-/m0/s1. The molecule has 1 aliphatic heterocycles. The number of anilines is 2. The molecule has 1 heterocycles. The lowest BCUT2D eigenvalue weighted by atomic mass is 9.76. The minimum absolute atomic E-state index is 0.0578. The van der Waals surface area contributed by atoms with Crippen molar-refractivity contribution in [3.8, 4) is 6.07 Å². The number of nitrogens with zero attached hydrogens (tertiary/aromatic N) is 2. The molecule has 4 rings (SSSR count). The molecule has 0 saturated carbocycles. The summed E-state index contributed by atoms with van der Waals surface area (Å²) in [6.07, 6.45) is 0. The molecule has 180 valence electrons. The van der Waals surface area contributed by atoms with Gasteiger partial charge in [-0.1, -0.05) is 78.0 Å². The molecule has 1 aliphatic rings. The van der Waals surface area contributed by atoms with E-state index in [0.717, 1.165) is 0 Å². The predicted molar refractivity (Wildman–Crippen MR) is 146 cm³/mol. The van der Waals surface area contributed by atoms with E-state index >= 15 is 0 Å². The smallest absolute Gasteiger partial charge is 0.234 e. The van der Waals surface area contributed by atoms with E-state index in [0.29, 0.717) is 38.3 Å². The number of thioether (sulfide) groups is 1. The topological polar surface area (TPSA) is 94.3 Å². The van der Waals surface area contributed by atoms with Crippen molar-refractivity contribution in [3.05, 3.63) is 106 Å². The van der Waals surface area contributed by atoms with Crippen LogP contribution in [0, 0.1) is 17.2 Å². The first-order valence-corrected chi connectivity index (χ1v) is 12.6.